The van der Waals surface area contributed by atoms with Gasteiger partial charge in [0.2, 0.25) is 17.3 Å². The smallest absolute Gasteiger partial charge is 0.220 e. The summed E-state index contributed by atoms with van der Waals surface area (Å²) in [5, 5.41) is 13.2. The number of fused-ring (bicyclic) bond motifs is 23. The molecular weight excluding hydrogens is 1130 g/mol. The minimum absolute atomic E-state index is 0.00820. The number of hydrogen-bond acceptors (Lipinski definition) is 4. The molecule has 0 unspecified atom stereocenters. The maximum atomic E-state index is 8.15. The topological polar surface area (TPSA) is 100 Å². The first-order chi connectivity index (χ1) is 44.2. The van der Waals surface area contributed by atoms with Crippen LogP contribution >= 0.6 is 0 Å². The zero-order valence-corrected chi connectivity index (χ0v) is 54.3. The third-order valence-electron chi connectivity index (χ3n) is 17.5. The molecule has 0 spiro atoms. The van der Waals surface area contributed by atoms with Crippen molar-refractivity contribution in [1.29, 1.82) is 5.26 Å². The zero-order chi connectivity index (χ0) is 63.8. The molecule has 0 saturated carbocycles. The van der Waals surface area contributed by atoms with Crippen LogP contribution in [-0.4, -0.2) is 51.0 Å². The van der Waals surface area contributed by atoms with Crippen molar-refractivity contribution in [2.75, 3.05) is 0 Å². The predicted octanol–water partition coefficient (Wildman–Crippen LogP) is 20.3. The van der Waals surface area contributed by atoms with Gasteiger partial charge in [-0.3, -0.25) is 22.3 Å². The first-order valence-electron chi connectivity index (χ1n) is 31.8. The highest BCUT2D eigenvalue weighted by Crippen LogP contribution is 2.42. The fourth-order valence-corrected chi connectivity index (χ4v) is 13.9. The van der Waals surface area contributed by atoms with E-state index in [4.69, 9.17) is 20.2 Å². The molecule has 0 N–H and O–H groups in total. The first kappa shape index (κ1) is 57.5. The fraction of sp³-hybridized carbons (Fsp3) is 0.200. The molecule has 454 valence electrons. The lowest BCUT2D eigenvalue weighted by atomic mass is 10.0. The van der Waals surface area contributed by atoms with E-state index in [2.05, 4.69) is 329 Å². The van der Waals surface area contributed by atoms with E-state index in [1.54, 1.807) is 0 Å². The highest BCUT2D eigenvalue weighted by Gasteiger charge is 2.29. The number of benzene rings is 10. The SMILES string of the molecule is CC(C)(C)C#N.CC(C)(C)n1c2ccccc2c2ccc3c(nc4n(-c5ccccc5)c5ccccc5n34)c21.CC(C)(C)n1c2ccccc2c2ccc3nc4n(-c5ccccc5)c5ccccc5n4c3c21.CC(C)(C)n1c2ccccc2n2c3ccccc3nc12. The van der Waals surface area contributed by atoms with Crippen LogP contribution in [-0.2, 0) is 16.6 Å². The van der Waals surface area contributed by atoms with Crippen LogP contribution < -0.4 is 0 Å². The maximum Gasteiger partial charge on any atom is 0.220 e. The lowest BCUT2D eigenvalue weighted by Gasteiger charge is -2.24. The molecule has 12 nitrogen and oxygen atoms in total. The summed E-state index contributed by atoms with van der Waals surface area (Å²) in [5.41, 5.74) is 20.5. The van der Waals surface area contributed by atoms with Gasteiger partial charge in [0.05, 0.1) is 77.8 Å². The van der Waals surface area contributed by atoms with Crippen LogP contribution in [0.2, 0.25) is 0 Å². The van der Waals surface area contributed by atoms with E-state index in [0.29, 0.717) is 0 Å². The van der Waals surface area contributed by atoms with E-state index in [9.17, 15) is 0 Å². The molecule has 18 aromatic rings. The van der Waals surface area contributed by atoms with Gasteiger partial charge in [0.25, 0.3) is 0 Å². The zero-order valence-electron chi connectivity index (χ0n) is 54.3. The monoisotopic (exact) mass is 1200 g/mol. The Kier molecular flexibility index (Phi) is 13.2. The van der Waals surface area contributed by atoms with E-state index in [-0.39, 0.29) is 22.0 Å². The first-order valence-corrected chi connectivity index (χ1v) is 31.8. The van der Waals surface area contributed by atoms with Crippen molar-refractivity contribution in [1.82, 2.24) is 51.0 Å². The molecule has 0 amide bonds. The minimum atomic E-state index is -0.153. The number of para-hydroxylation sites is 12. The number of hydrogen-bond donors (Lipinski definition) is 0. The largest absolute Gasteiger partial charge is 0.333 e. The summed E-state index contributed by atoms with van der Waals surface area (Å²) in [4.78, 5) is 15.4. The molecule has 10 aromatic carbocycles. The Hall–Kier alpha value is -10.9. The predicted molar refractivity (Wildman–Crippen MR) is 383 cm³/mol. The van der Waals surface area contributed by atoms with Crippen LogP contribution in [0.5, 0.6) is 0 Å². The number of imidazole rings is 6. The third kappa shape index (κ3) is 9.11. The van der Waals surface area contributed by atoms with Crippen molar-refractivity contribution >= 4 is 127 Å². The van der Waals surface area contributed by atoms with Gasteiger partial charge in [-0.05, 0) is 192 Å². The highest BCUT2D eigenvalue weighted by atomic mass is 15.2. The molecule has 92 heavy (non-hydrogen) atoms. The number of rotatable bonds is 2. The van der Waals surface area contributed by atoms with E-state index in [0.717, 1.165) is 72.8 Å². The van der Waals surface area contributed by atoms with Crippen LogP contribution in [0.15, 0.2) is 231 Å². The van der Waals surface area contributed by atoms with Crippen LogP contribution in [0.1, 0.15) is 83.1 Å². The van der Waals surface area contributed by atoms with Gasteiger partial charge >= 0.3 is 0 Å². The van der Waals surface area contributed by atoms with Crippen molar-refractivity contribution in [2.24, 2.45) is 5.41 Å². The second-order valence-electron chi connectivity index (χ2n) is 28.1. The summed E-state index contributed by atoms with van der Waals surface area (Å²) in [6.45, 7) is 26.0. The Bertz CT molecular complexity index is 5890. The Labute approximate surface area is 533 Å². The molecule has 0 bridgehead atoms. The summed E-state index contributed by atoms with van der Waals surface area (Å²) in [5.74, 6) is 2.89. The number of nitrogens with zero attached hydrogens (tertiary/aromatic N) is 12. The van der Waals surface area contributed by atoms with Crippen molar-refractivity contribution in [2.45, 2.75) is 99.7 Å². The maximum absolute atomic E-state index is 8.15. The molecule has 0 aliphatic heterocycles. The van der Waals surface area contributed by atoms with Gasteiger partial charge in [-0.15, -0.1) is 0 Å². The summed E-state index contributed by atoms with van der Waals surface area (Å²) < 4.78 is 18.7. The molecule has 0 aliphatic rings. The Morgan fingerprint density at radius 2 is 0.663 bits per heavy atom. The molecule has 0 fully saturated rings. The summed E-state index contributed by atoms with van der Waals surface area (Å²) >= 11 is 0. The van der Waals surface area contributed by atoms with Gasteiger partial charge in [0.15, 0.2) is 0 Å². The molecule has 0 saturated heterocycles. The number of aromatic nitrogens is 11. The Morgan fingerprint density at radius 3 is 1.18 bits per heavy atom. The molecule has 8 aromatic heterocycles. The lowest BCUT2D eigenvalue weighted by Crippen LogP contribution is -2.21. The van der Waals surface area contributed by atoms with E-state index < -0.39 is 0 Å². The van der Waals surface area contributed by atoms with Gasteiger partial charge in [-0.25, -0.2) is 15.0 Å². The summed E-state index contributed by atoms with van der Waals surface area (Å²) in [7, 11) is 0. The van der Waals surface area contributed by atoms with E-state index in [1.165, 1.54) is 65.7 Å². The lowest BCUT2D eigenvalue weighted by molar-refractivity contribution is 0.419. The minimum Gasteiger partial charge on any atom is -0.333 e. The molecular formula is C80H74N12. The van der Waals surface area contributed by atoms with Gasteiger partial charge in [0.1, 0.15) is 5.52 Å². The van der Waals surface area contributed by atoms with Gasteiger partial charge < -0.3 is 13.7 Å². The van der Waals surface area contributed by atoms with E-state index in [1.807, 2.05) is 26.8 Å². The highest BCUT2D eigenvalue weighted by molar-refractivity contribution is 6.19. The van der Waals surface area contributed by atoms with Crippen LogP contribution in [0.3, 0.4) is 0 Å². The summed E-state index contributed by atoms with van der Waals surface area (Å²) in [6.07, 6.45) is 0. The molecule has 18 rings (SSSR count). The van der Waals surface area contributed by atoms with Crippen molar-refractivity contribution in [3.63, 3.8) is 0 Å². The average Bonchev–Trinajstić information content (AvgIpc) is 1.55. The second kappa shape index (κ2) is 21.1. The number of nitriles is 1. The molecule has 8 heterocycles. The van der Waals surface area contributed by atoms with Crippen LogP contribution in [0.25, 0.3) is 139 Å². The van der Waals surface area contributed by atoms with Gasteiger partial charge in [-0.2, -0.15) is 5.26 Å². The van der Waals surface area contributed by atoms with Gasteiger partial charge in [-0.1, -0.05) is 121 Å². The summed E-state index contributed by atoms with van der Waals surface area (Å²) in [6, 6.07) is 83.5. The van der Waals surface area contributed by atoms with E-state index >= 15 is 0 Å². The normalized spacial score (nSPS) is 12.6. The molecule has 0 radical (unpaired) electrons. The molecule has 12 heteroatoms. The Morgan fingerprint density at radius 1 is 0.283 bits per heavy atom. The molecule has 0 aliphatic carbocycles. The van der Waals surface area contributed by atoms with Crippen LogP contribution in [0, 0.1) is 16.7 Å². The third-order valence-corrected chi connectivity index (χ3v) is 17.5. The van der Waals surface area contributed by atoms with Crippen molar-refractivity contribution in [3.05, 3.63) is 231 Å². The second-order valence-corrected chi connectivity index (χ2v) is 28.1. The fourth-order valence-electron chi connectivity index (χ4n) is 13.9. The van der Waals surface area contributed by atoms with Crippen molar-refractivity contribution < 1.29 is 0 Å². The van der Waals surface area contributed by atoms with Gasteiger partial charge in [0, 0.05) is 66.0 Å². The quantitative estimate of drug-likeness (QED) is 0.172. The Balaban J connectivity index is 0.000000113. The van der Waals surface area contributed by atoms with Crippen LogP contribution in [0.4, 0.5) is 0 Å². The average molecular weight is 1200 g/mol. The van der Waals surface area contributed by atoms with Crippen molar-refractivity contribution in [3.8, 4) is 17.4 Å². The molecule has 0 atom stereocenters. The standard InChI is InChI=1S/2C29H24N4.C17H17N3.C5H9N/c1-29(2,3)33-23-14-8-7-13-20(23)21-17-18-22-27(26(21)33)32-25-16-10-9-15-24(25)31(28(32)30-22)19-11-5-4-6-12-19;1-29(2,3)33-22-14-8-7-13-20(22)21-17-18-25-26(27(21)33)30-28-31(19-11-5-4-6-12-19)23-15-9-10-16-24(23)32(25)28;1-17(2,3)20-15-11-7-6-10-14(15)19-13-9-5-4-8-12(13)18-16(19)20;1-5(2,3)4-6/h2*4-18H,1-3H3;4-11H,1-3H3;1-3H3.